The fourth-order valence-electron chi connectivity index (χ4n) is 2.18. The highest BCUT2D eigenvalue weighted by molar-refractivity contribution is 5.91. The zero-order valence-electron chi connectivity index (χ0n) is 13.3. The average molecular weight is 312 g/mol. The number of ether oxygens (including phenoxy) is 2. The maximum atomic E-state index is 11.8. The molecule has 0 aliphatic heterocycles. The average Bonchev–Trinajstić information content (AvgIpc) is 2.56. The number of benzene rings is 2. The van der Waals surface area contributed by atoms with E-state index >= 15 is 0 Å². The van der Waals surface area contributed by atoms with Gasteiger partial charge in [-0.2, -0.15) is 0 Å². The lowest BCUT2D eigenvalue weighted by Gasteiger charge is -2.15. The normalized spacial score (nSPS) is 13.0. The lowest BCUT2D eigenvalue weighted by atomic mass is 10.1. The van der Waals surface area contributed by atoms with Crippen LogP contribution in [-0.4, -0.2) is 11.9 Å². The van der Waals surface area contributed by atoms with Crippen molar-refractivity contribution in [3.8, 4) is 0 Å². The Hall–Kier alpha value is -2.62. The molecule has 0 saturated carbocycles. The fraction of sp³-hybridized carbons (Fsp3) is 0.263. The van der Waals surface area contributed by atoms with E-state index in [1.165, 1.54) is 0 Å². The predicted octanol–water partition coefficient (Wildman–Crippen LogP) is 3.99. The van der Waals surface area contributed by atoms with Crippen LogP contribution in [0.4, 0.5) is 0 Å². The zero-order valence-corrected chi connectivity index (χ0v) is 13.3. The van der Waals surface area contributed by atoms with Gasteiger partial charge in [-0.15, -0.1) is 0 Å². The van der Waals surface area contributed by atoms with Crippen LogP contribution in [0.1, 0.15) is 43.6 Å². The lowest BCUT2D eigenvalue weighted by molar-refractivity contribution is -0.159. The Labute approximate surface area is 136 Å². The predicted molar refractivity (Wildman–Crippen MR) is 86.5 cm³/mol. The number of hydrogen-bond acceptors (Lipinski definition) is 4. The van der Waals surface area contributed by atoms with Crippen molar-refractivity contribution in [3.05, 3.63) is 71.8 Å². The van der Waals surface area contributed by atoms with Gasteiger partial charge in [0.15, 0.2) is 0 Å². The molecule has 4 heteroatoms. The SMILES string of the molecule is C[C@H](OC(=O)CC(=O)O[C@@H](C)c1ccccc1)c1ccccc1. The van der Waals surface area contributed by atoms with Crippen LogP contribution in [0.25, 0.3) is 0 Å². The summed E-state index contributed by atoms with van der Waals surface area (Å²) >= 11 is 0. The molecule has 2 aromatic carbocycles. The highest BCUT2D eigenvalue weighted by atomic mass is 16.6. The number of rotatable bonds is 6. The van der Waals surface area contributed by atoms with E-state index in [1.54, 1.807) is 13.8 Å². The first-order chi connectivity index (χ1) is 11.1. The Bertz CT molecular complexity index is 579. The van der Waals surface area contributed by atoms with Crippen molar-refractivity contribution in [3.63, 3.8) is 0 Å². The monoisotopic (exact) mass is 312 g/mol. The summed E-state index contributed by atoms with van der Waals surface area (Å²) in [5, 5.41) is 0. The smallest absolute Gasteiger partial charge is 0.317 e. The Morgan fingerprint density at radius 1 is 0.739 bits per heavy atom. The van der Waals surface area contributed by atoms with Gasteiger partial charge in [0.05, 0.1) is 0 Å². The molecule has 0 unspecified atom stereocenters. The van der Waals surface area contributed by atoms with Crippen molar-refractivity contribution < 1.29 is 19.1 Å². The first-order valence-electron chi connectivity index (χ1n) is 7.55. The minimum absolute atomic E-state index is 0.394. The maximum Gasteiger partial charge on any atom is 0.317 e. The Balaban J connectivity index is 1.82. The molecule has 0 bridgehead atoms. The van der Waals surface area contributed by atoms with Crippen LogP contribution in [0, 0.1) is 0 Å². The highest BCUT2D eigenvalue weighted by Gasteiger charge is 2.18. The van der Waals surface area contributed by atoms with E-state index in [0.29, 0.717) is 0 Å². The van der Waals surface area contributed by atoms with Crippen molar-refractivity contribution in [2.45, 2.75) is 32.5 Å². The van der Waals surface area contributed by atoms with Crippen LogP contribution in [0.5, 0.6) is 0 Å². The van der Waals surface area contributed by atoms with E-state index < -0.39 is 30.6 Å². The number of carbonyl (C=O) groups excluding carboxylic acids is 2. The van der Waals surface area contributed by atoms with Gasteiger partial charge in [-0.1, -0.05) is 60.7 Å². The quantitative estimate of drug-likeness (QED) is 0.598. The van der Waals surface area contributed by atoms with Gasteiger partial charge in [0, 0.05) is 0 Å². The van der Waals surface area contributed by atoms with Crippen LogP contribution in [0.15, 0.2) is 60.7 Å². The first kappa shape index (κ1) is 16.7. The molecule has 0 spiro atoms. The summed E-state index contributed by atoms with van der Waals surface area (Å²) in [7, 11) is 0. The van der Waals surface area contributed by atoms with Crippen molar-refractivity contribution in [1.82, 2.24) is 0 Å². The lowest BCUT2D eigenvalue weighted by Crippen LogP contribution is -2.17. The molecule has 0 N–H and O–H groups in total. The van der Waals surface area contributed by atoms with Crippen molar-refractivity contribution >= 4 is 11.9 Å². The van der Waals surface area contributed by atoms with E-state index in [4.69, 9.17) is 9.47 Å². The fourth-order valence-corrected chi connectivity index (χ4v) is 2.18. The van der Waals surface area contributed by atoms with Gasteiger partial charge in [-0.25, -0.2) is 0 Å². The van der Waals surface area contributed by atoms with Crippen molar-refractivity contribution in [2.75, 3.05) is 0 Å². The summed E-state index contributed by atoms with van der Waals surface area (Å²) in [6, 6.07) is 18.7. The molecule has 0 amide bonds. The maximum absolute atomic E-state index is 11.8. The van der Waals surface area contributed by atoms with E-state index in [9.17, 15) is 9.59 Å². The zero-order chi connectivity index (χ0) is 16.7. The molecule has 0 heterocycles. The molecule has 23 heavy (non-hydrogen) atoms. The Morgan fingerprint density at radius 3 is 1.43 bits per heavy atom. The van der Waals surface area contributed by atoms with E-state index in [2.05, 4.69) is 0 Å². The van der Waals surface area contributed by atoms with Crippen LogP contribution in [0.2, 0.25) is 0 Å². The Kier molecular flexibility index (Phi) is 5.92. The van der Waals surface area contributed by atoms with Crippen LogP contribution >= 0.6 is 0 Å². The molecule has 0 aromatic heterocycles. The van der Waals surface area contributed by atoms with E-state index in [1.807, 2.05) is 60.7 Å². The molecule has 0 aliphatic carbocycles. The molecule has 0 aliphatic rings. The van der Waals surface area contributed by atoms with Gasteiger partial charge < -0.3 is 9.47 Å². The summed E-state index contributed by atoms with van der Waals surface area (Å²) < 4.78 is 10.5. The Morgan fingerprint density at radius 2 is 1.09 bits per heavy atom. The summed E-state index contributed by atoms with van der Waals surface area (Å²) in [6.07, 6.45) is -1.19. The summed E-state index contributed by atoms with van der Waals surface area (Å²) in [5.41, 5.74) is 1.76. The molecule has 2 atom stereocenters. The van der Waals surface area contributed by atoms with Gasteiger partial charge >= 0.3 is 11.9 Å². The van der Waals surface area contributed by atoms with Crippen LogP contribution in [0.3, 0.4) is 0 Å². The summed E-state index contributed by atoms with van der Waals surface area (Å²) in [5.74, 6) is -1.18. The van der Waals surface area contributed by atoms with Gasteiger partial charge in [0.1, 0.15) is 18.6 Å². The number of hydrogen-bond donors (Lipinski definition) is 0. The van der Waals surface area contributed by atoms with Gasteiger partial charge in [0.2, 0.25) is 0 Å². The molecule has 120 valence electrons. The molecule has 0 radical (unpaired) electrons. The van der Waals surface area contributed by atoms with Gasteiger partial charge in [-0.05, 0) is 25.0 Å². The molecule has 0 saturated heterocycles. The third-order valence-electron chi connectivity index (χ3n) is 3.44. The number of esters is 2. The second kappa shape index (κ2) is 8.13. The van der Waals surface area contributed by atoms with E-state index in [-0.39, 0.29) is 0 Å². The third-order valence-corrected chi connectivity index (χ3v) is 3.44. The minimum atomic E-state index is -0.591. The second-order valence-electron chi connectivity index (χ2n) is 5.26. The summed E-state index contributed by atoms with van der Waals surface area (Å²) in [6.45, 7) is 3.54. The van der Waals surface area contributed by atoms with E-state index in [0.717, 1.165) is 11.1 Å². The first-order valence-corrected chi connectivity index (χ1v) is 7.55. The molecule has 0 fully saturated rings. The molecular weight excluding hydrogens is 292 g/mol. The second-order valence-corrected chi connectivity index (χ2v) is 5.26. The summed E-state index contributed by atoms with van der Waals surface area (Å²) in [4.78, 5) is 23.7. The molecular formula is C19H20O4. The third kappa shape index (κ3) is 5.25. The number of carbonyl (C=O) groups is 2. The van der Waals surface area contributed by atoms with Crippen LogP contribution in [-0.2, 0) is 19.1 Å². The van der Waals surface area contributed by atoms with Crippen molar-refractivity contribution in [1.29, 1.82) is 0 Å². The molecule has 2 rings (SSSR count). The minimum Gasteiger partial charge on any atom is -0.457 e. The molecule has 2 aromatic rings. The topological polar surface area (TPSA) is 52.6 Å². The van der Waals surface area contributed by atoms with Gasteiger partial charge in [-0.3, -0.25) is 9.59 Å². The molecule has 4 nitrogen and oxygen atoms in total. The van der Waals surface area contributed by atoms with Gasteiger partial charge in [0.25, 0.3) is 0 Å². The highest BCUT2D eigenvalue weighted by Crippen LogP contribution is 2.19. The standard InChI is InChI=1S/C19H20O4/c1-14(16-9-5-3-6-10-16)22-18(20)13-19(21)23-15(2)17-11-7-4-8-12-17/h3-12,14-15H,13H2,1-2H3/t14-,15-/m0/s1. The largest absolute Gasteiger partial charge is 0.457 e. The van der Waals surface area contributed by atoms with Crippen LogP contribution < -0.4 is 0 Å². The van der Waals surface area contributed by atoms with Crippen molar-refractivity contribution in [2.24, 2.45) is 0 Å².